The van der Waals surface area contributed by atoms with Crippen molar-refractivity contribution in [2.24, 2.45) is 5.92 Å². The summed E-state index contributed by atoms with van der Waals surface area (Å²) in [4.78, 5) is 10.6. The van der Waals surface area contributed by atoms with E-state index in [4.69, 9.17) is 0 Å². The monoisotopic (exact) mass is 181 g/mol. The van der Waals surface area contributed by atoms with Crippen molar-refractivity contribution in [3.8, 4) is 11.8 Å². The van der Waals surface area contributed by atoms with Gasteiger partial charge in [0.25, 0.3) is 0 Å². The highest BCUT2D eigenvalue weighted by atomic mass is 16.5. The molecule has 0 aromatic carbocycles. The molecule has 3 heteroatoms. The molecule has 0 bridgehead atoms. The molecule has 1 N–H and O–H groups in total. The summed E-state index contributed by atoms with van der Waals surface area (Å²) in [5.74, 6) is 5.44. The molecule has 3 nitrogen and oxygen atoms in total. The van der Waals surface area contributed by atoms with Gasteiger partial charge in [0, 0.05) is 12.3 Å². The molecule has 0 radical (unpaired) electrons. The summed E-state index contributed by atoms with van der Waals surface area (Å²) in [6, 6.07) is 0. The molecular weight excluding hydrogens is 166 g/mol. The van der Waals surface area contributed by atoms with Crippen molar-refractivity contribution in [2.75, 3.05) is 20.2 Å². The summed E-state index contributed by atoms with van der Waals surface area (Å²) in [6.45, 7) is 2.14. The van der Waals surface area contributed by atoms with E-state index in [1.54, 1.807) is 0 Å². The summed E-state index contributed by atoms with van der Waals surface area (Å²) < 4.78 is 4.41. The zero-order chi connectivity index (χ0) is 9.52. The number of methoxy groups -OCH3 is 1. The minimum atomic E-state index is -0.441. The van der Waals surface area contributed by atoms with Crippen molar-refractivity contribution in [1.29, 1.82) is 0 Å². The Bertz CT molecular complexity index is 221. The molecule has 1 rings (SSSR count). The molecule has 1 unspecified atom stereocenters. The molecule has 72 valence electrons. The minimum Gasteiger partial charge on any atom is -0.459 e. The van der Waals surface area contributed by atoms with Crippen LogP contribution in [0.15, 0.2) is 0 Å². The Kier molecular flexibility index (Phi) is 4.34. The molecule has 0 aromatic rings. The molecule has 0 aliphatic carbocycles. The molecule has 1 aliphatic rings. The van der Waals surface area contributed by atoms with E-state index in [0.717, 1.165) is 19.5 Å². The van der Waals surface area contributed by atoms with E-state index in [1.807, 2.05) is 0 Å². The highest BCUT2D eigenvalue weighted by Gasteiger charge is 2.10. The molecular formula is C10H15NO2. The van der Waals surface area contributed by atoms with Crippen LogP contribution in [0.2, 0.25) is 0 Å². The third-order valence-electron chi connectivity index (χ3n) is 2.17. The number of carbonyl (C=O) groups excluding carboxylic acids is 1. The van der Waals surface area contributed by atoms with Crippen LogP contribution in [0, 0.1) is 17.8 Å². The third-order valence-corrected chi connectivity index (χ3v) is 2.17. The molecule has 1 heterocycles. The van der Waals surface area contributed by atoms with Crippen LogP contribution in [0.5, 0.6) is 0 Å². The van der Waals surface area contributed by atoms with Gasteiger partial charge in [-0.3, -0.25) is 0 Å². The van der Waals surface area contributed by atoms with Gasteiger partial charge >= 0.3 is 5.97 Å². The number of nitrogens with one attached hydrogen (secondary N) is 1. The van der Waals surface area contributed by atoms with Crippen LogP contribution in [-0.2, 0) is 9.53 Å². The zero-order valence-electron chi connectivity index (χ0n) is 7.93. The van der Waals surface area contributed by atoms with Crippen molar-refractivity contribution in [1.82, 2.24) is 5.32 Å². The predicted molar refractivity (Wildman–Crippen MR) is 50.0 cm³/mol. The van der Waals surface area contributed by atoms with Crippen LogP contribution in [0.25, 0.3) is 0 Å². The summed E-state index contributed by atoms with van der Waals surface area (Å²) in [5.41, 5.74) is 0. The van der Waals surface area contributed by atoms with Crippen molar-refractivity contribution < 1.29 is 9.53 Å². The van der Waals surface area contributed by atoms with Gasteiger partial charge in [0.05, 0.1) is 7.11 Å². The molecule has 0 amide bonds. The normalized spacial score (nSPS) is 21.5. The topological polar surface area (TPSA) is 38.3 Å². The Labute approximate surface area is 78.8 Å². The lowest BCUT2D eigenvalue weighted by molar-refractivity contribution is -0.133. The minimum absolute atomic E-state index is 0.441. The second-order valence-corrected chi connectivity index (χ2v) is 3.21. The largest absolute Gasteiger partial charge is 0.459 e. The van der Waals surface area contributed by atoms with Crippen molar-refractivity contribution in [2.45, 2.75) is 19.3 Å². The first-order valence-corrected chi connectivity index (χ1v) is 4.60. The van der Waals surface area contributed by atoms with Gasteiger partial charge in [0.2, 0.25) is 0 Å². The number of ether oxygens (including phenoxy) is 1. The first-order valence-electron chi connectivity index (χ1n) is 4.60. The van der Waals surface area contributed by atoms with E-state index in [9.17, 15) is 4.79 Å². The Morgan fingerprint density at radius 2 is 2.54 bits per heavy atom. The van der Waals surface area contributed by atoms with Crippen LogP contribution in [0.1, 0.15) is 19.3 Å². The lowest BCUT2D eigenvalue weighted by atomic mass is 9.97. The molecule has 1 fully saturated rings. The maximum atomic E-state index is 10.6. The van der Waals surface area contributed by atoms with Gasteiger partial charge in [-0.15, -0.1) is 0 Å². The average Bonchev–Trinajstić information content (AvgIpc) is 2.19. The fourth-order valence-electron chi connectivity index (χ4n) is 1.42. The summed E-state index contributed by atoms with van der Waals surface area (Å²) >= 11 is 0. The number of carbonyl (C=O) groups is 1. The number of hydrogen-bond donors (Lipinski definition) is 1. The van der Waals surface area contributed by atoms with Crippen molar-refractivity contribution >= 4 is 5.97 Å². The standard InChI is InChI=1S/C10H15NO2/c1-13-10(12)6-2-4-9-5-3-7-11-8-9/h9,11H,3-5,7-8H2,1H3. The fourth-order valence-corrected chi connectivity index (χ4v) is 1.42. The van der Waals surface area contributed by atoms with Gasteiger partial charge < -0.3 is 10.1 Å². The maximum Gasteiger partial charge on any atom is 0.384 e. The second kappa shape index (κ2) is 5.60. The van der Waals surface area contributed by atoms with Crippen LogP contribution >= 0.6 is 0 Å². The van der Waals surface area contributed by atoms with Gasteiger partial charge in [-0.25, -0.2) is 4.79 Å². The Morgan fingerprint density at radius 1 is 1.69 bits per heavy atom. The van der Waals surface area contributed by atoms with E-state index in [1.165, 1.54) is 20.0 Å². The van der Waals surface area contributed by atoms with E-state index >= 15 is 0 Å². The predicted octanol–water partition coefficient (Wildman–Crippen LogP) is 0.552. The van der Waals surface area contributed by atoms with Crippen LogP contribution in [0.3, 0.4) is 0 Å². The van der Waals surface area contributed by atoms with Gasteiger partial charge in [0.15, 0.2) is 0 Å². The number of hydrogen-bond acceptors (Lipinski definition) is 3. The molecule has 1 saturated heterocycles. The third kappa shape index (κ3) is 3.95. The van der Waals surface area contributed by atoms with E-state index in [2.05, 4.69) is 21.9 Å². The summed E-state index contributed by atoms with van der Waals surface area (Å²) in [6.07, 6.45) is 3.22. The van der Waals surface area contributed by atoms with Gasteiger partial charge in [-0.2, -0.15) is 0 Å². The van der Waals surface area contributed by atoms with Gasteiger partial charge in [0.1, 0.15) is 0 Å². The van der Waals surface area contributed by atoms with Crippen LogP contribution < -0.4 is 5.32 Å². The maximum absolute atomic E-state index is 10.6. The highest BCUT2D eigenvalue weighted by molar-refractivity contribution is 5.88. The second-order valence-electron chi connectivity index (χ2n) is 3.21. The number of esters is 1. The number of piperidine rings is 1. The van der Waals surface area contributed by atoms with Gasteiger partial charge in [-0.05, 0) is 31.8 Å². The molecule has 1 atom stereocenters. The first kappa shape index (κ1) is 10.1. The SMILES string of the molecule is COC(=O)C#CCC1CCCNC1. The van der Waals surface area contributed by atoms with Crippen molar-refractivity contribution in [3.63, 3.8) is 0 Å². The number of rotatable bonds is 1. The molecule has 0 saturated carbocycles. The van der Waals surface area contributed by atoms with Crippen LogP contribution in [-0.4, -0.2) is 26.2 Å². The Hall–Kier alpha value is -1.01. The van der Waals surface area contributed by atoms with Gasteiger partial charge in [-0.1, -0.05) is 5.92 Å². The fraction of sp³-hybridized carbons (Fsp3) is 0.700. The Morgan fingerprint density at radius 3 is 3.15 bits per heavy atom. The molecule has 1 aliphatic heterocycles. The van der Waals surface area contributed by atoms with E-state index < -0.39 is 5.97 Å². The highest BCUT2D eigenvalue weighted by Crippen LogP contribution is 2.12. The molecule has 0 aromatic heterocycles. The Balaban J connectivity index is 2.22. The van der Waals surface area contributed by atoms with Crippen LogP contribution in [0.4, 0.5) is 0 Å². The lowest BCUT2D eigenvalue weighted by Gasteiger charge is -2.20. The average molecular weight is 181 g/mol. The first-order chi connectivity index (χ1) is 6.33. The lowest BCUT2D eigenvalue weighted by Crippen LogP contribution is -2.29. The molecule has 13 heavy (non-hydrogen) atoms. The summed E-state index contributed by atoms with van der Waals surface area (Å²) in [7, 11) is 1.35. The quantitative estimate of drug-likeness (QED) is 0.365. The zero-order valence-corrected chi connectivity index (χ0v) is 7.93. The smallest absolute Gasteiger partial charge is 0.384 e. The van der Waals surface area contributed by atoms with E-state index in [0.29, 0.717) is 5.92 Å². The summed E-state index contributed by atoms with van der Waals surface area (Å²) in [5, 5.41) is 3.30. The van der Waals surface area contributed by atoms with Crippen molar-refractivity contribution in [3.05, 3.63) is 0 Å². The molecule has 0 spiro atoms. The van der Waals surface area contributed by atoms with E-state index in [-0.39, 0.29) is 0 Å².